The average molecular weight is 328 g/mol. The van der Waals surface area contributed by atoms with E-state index >= 15 is 0 Å². The zero-order valence-electron chi connectivity index (χ0n) is 13.9. The third kappa shape index (κ3) is 2.70. The molecule has 1 N–H and O–H groups in total. The number of amides is 1. The molecule has 4 rings (SSSR count). The lowest BCUT2D eigenvalue weighted by molar-refractivity contribution is 0.0915. The van der Waals surface area contributed by atoms with Gasteiger partial charge in [0.2, 0.25) is 5.82 Å². The van der Waals surface area contributed by atoms with E-state index < -0.39 is 0 Å². The predicted octanol–water partition coefficient (Wildman–Crippen LogP) is 3.20. The minimum atomic E-state index is -0.339. The Balaban J connectivity index is 1.64. The number of hydrogen-bond acceptors (Lipinski definition) is 3. The van der Waals surface area contributed by atoms with Crippen molar-refractivity contribution in [3.05, 3.63) is 41.7 Å². The second kappa shape index (κ2) is 5.40. The van der Waals surface area contributed by atoms with Crippen molar-refractivity contribution in [1.29, 1.82) is 0 Å². The van der Waals surface area contributed by atoms with Gasteiger partial charge >= 0.3 is 0 Å². The topological polar surface area (TPSA) is 59.8 Å². The summed E-state index contributed by atoms with van der Waals surface area (Å²) in [6.45, 7) is 3.96. The second-order valence-electron chi connectivity index (χ2n) is 7.22. The van der Waals surface area contributed by atoms with Crippen LogP contribution in [0.4, 0.5) is 4.39 Å². The number of carbonyl (C=O) groups excluding carboxylic acids is 1. The molecule has 0 saturated heterocycles. The van der Waals surface area contributed by atoms with Crippen LogP contribution < -0.4 is 5.32 Å². The highest BCUT2D eigenvalue weighted by molar-refractivity contribution is 5.91. The van der Waals surface area contributed by atoms with Crippen molar-refractivity contribution in [3.63, 3.8) is 0 Å². The molecular formula is C18H21FN4O. The van der Waals surface area contributed by atoms with E-state index in [-0.39, 0.29) is 29.0 Å². The third-order valence-electron chi connectivity index (χ3n) is 4.91. The highest BCUT2D eigenvalue weighted by Gasteiger charge is 2.55. The van der Waals surface area contributed by atoms with Gasteiger partial charge in [0.25, 0.3) is 5.91 Å². The van der Waals surface area contributed by atoms with Crippen molar-refractivity contribution < 1.29 is 9.18 Å². The van der Waals surface area contributed by atoms with E-state index in [9.17, 15) is 9.18 Å². The van der Waals surface area contributed by atoms with Crippen molar-refractivity contribution >= 4 is 5.91 Å². The van der Waals surface area contributed by atoms with Crippen LogP contribution in [-0.2, 0) is 0 Å². The molecule has 0 radical (unpaired) electrons. The summed E-state index contributed by atoms with van der Waals surface area (Å²) in [5.41, 5.74) is 0.563. The van der Waals surface area contributed by atoms with Gasteiger partial charge in [0.1, 0.15) is 11.6 Å². The molecule has 0 aliphatic heterocycles. The third-order valence-corrected chi connectivity index (χ3v) is 4.91. The van der Waals surface area contributed by atoms with Crippen LogP contribution in [0, 0.1) is 11.7 Å². The first-order chi connectivity index (χ1) is 11.5. The Hall–Kier alpha value is -2.24. The minimum absolute atomic E-state index is 0.0145. The molecule has 2 fully saturated rings. The molecule has 6 heteroatoms. The van der Waals surface area contributed by atoms with Crippen LogP contribution in [0.2, 0.25) is 0 Å². The normalized spacial score (nSPS) is 18.7. The number of aromatic nitrogens is 3. The van der Waals surface area contributed by atoms with Gasteiger partial charge in [-0.2, -0.15) is 0 Å². The van der Waals surface area contributed by atoms with Crippen molar-refractivity contribution in [2.24, 2.45) is 5.92 Å². The molecule has 1 aromatic heterocycles. The molecule has 0 unspecified atom stereocenters. The van der Waals surface area contributed by atoms with Gasteiger partial charge in [-0.25, -0.2) is 14.1 Å². The van der Waals surface area contributed by atoms with Crippen molar-refractivity contribution in [2.75, 3.05) is 0 Å². The lowest BCUT2D eigenvalue weighted by atomic mass is 10.1. The summed E-state index contributed by atoms with van der Waals surface area (Å²) >= 11 is 0. The Morgan fingerprint density at radius 3 is 2.71 bits per heavy atom. The smallest absolute Gasteiger partial charge is 0.291 e. The van der Waals surface area contributed by atoms with Crippen molar-refractivity contribution in [2.45, 2.75) is 51.0 Å². The van der Waals surface area contributed by atoms with E-state index in [1.807, 2.05) is 13.8 Å². The van der Waals surface area contributed by atoms with Crippen LogP contribution >= 0.6 is 0 Å². The van der Waals surface area contributed by atoms with E-state index in [1.54, 1.807) is 16.8 Å². The molecule has 0 bridgehead atoms. The zero-order valence-corrected chi connectivity index (χ0v) is 13.9. The maximum Gasteiger partial charge on any atom is 0.291 e. The Bertz CT molecular complexity index is 790. The quantitative estimate of drug-likeness (QED) is 0.917. The predicted molar refractivity (Wildman–Crippen MR) is 87.6 cm³/mol. The maximum atomic E-state index is 13.5. The molecule has 1 amide bonds. The minimum Gasteiger partial charge on any atom is -0.344 e. The van der Waals surface area contributed by atoms with Crippen LogP contribution in [0.5, 0.6) is 0 Å². The first kappa shape index (κ1) is 15.3. The summed E-state index contributed by atoms with van der Waals surface area (Å²) in [5, 5.41) is 7.50. The monoisotopic (exact) mass is 328 g/mol. The standard InChI is InChI=1S/C18H21FN4O/c1-11(2)16-20-15(17(24)21-18(8-9-18)12-6-7-12)22-23(16)14-5-3-4-13(19)10-14/h3-5,10-12H,6-9H2,1-2H3,(H,21,24). The molecular weight excluding hydrogens is 307 g/mol. The molecule has 2 aromatic rings. The molecule has 1 aromatic carbocycles. The number of hydrogen-bond donors (Lipinski definition) is 1. The number of nitrogens with zero attached hydrogens (tertiary/aromatic N) is 3. The molecule has 0 atom stereocenters. The van der Waals surface area contributed by atoms with Gasteiger partial charge in [0, 0.05) is 11.5 Å². The van der Waals surface area contributed by atoms with Crippen molar-refractivity contribution in [3.8, 4) is 5.69 Å². The SMILES string of the molecule is CC(C)c1nc(C(=O)NC2(C3CC3)CC2)nn1-c1cccc(F)c1. The Morgan fingerprint density at radius 2 is 2.12 bits per heavy atom. The highest BCUT2D eigenvalue weighted by Crippen LogP contribution is 2.53. The summed E-state index contributed by atoms with van der Waals surface area (Å²) in [7, 11) is 0. The Morgan fingerprint density at radius 1 is 1.38 bits per heavy atom. The second-order valence-corrected chi connectivity index (χ2v) is 7.22. The number of nitrogens with one attached hydrogen (secondary N) is 1. The largest absolute Gasteiger partial charge is 0.344 e. The molecule has 2 aliphatic carbocycles. The summed E-state index contributed by atoms with van der Waals surface area (Å²) in [6, 6.07) is 6.17. The average Bonchev–Trinajstić information content (AvgIpc) is 3.45. The van der Waals surface area contributed by atoms with E-state index in [0.717, 1.165) is 12.8 Å². The fourth-order valence-corrected chi connectivity index (χ4v) is 3.28. The first-order valence-corrected chi connectivity index (χ1v) is 8.54. The fourth-order valence-electron chi connectivity index (χ4n) is 3.28. The van der Waals surface area contributed by atoms with E-state index in [0.29, 0.717) is 17.4 Å². The summed E-state index contributed by atoms with van der Waals surface area (Å²) in [5.74, 6) is 0.944. The van der Waals surface area contributed by atoms with Crippen LogP contribution in [0.3, 0.4) is 0 Å². The molecule has 2 saturated carbocycles. The van der Waals surface area contributed by atoms with Gasteiger partial charge in [-0.15, -0.1) is 5.10 Å². The van der Waals surface area contributed by atoms with Gasteiger partial charge in [0.15, 0.2) is 0 Å². The van der Waals surface area contributed by atoms with Gasteiger partial charge < -0.3 is 5.32 Å². The highest BCUT2D eigenvalue weighted by atomic mass is 19.1. The molecule has 0 spiro atoms. The van der Waals surface area contributed by atoms with Crippen LogP contribution in [-0.4, -0.2) is 26.2 Å². The number of rotatable bonds is 5. The van der Waals surface area contributed by atoms with E-state index in [2.05, 4.69) is 15.4 Å². The van der Waals surface area contributed by atoms with Crippen LogP contribution in [0.25, 0.3) is 5.69 Å². The number of carbonyl (C=O) groups is 1. The molecule has 1 heterocycles. The van der Waals surface area contributed by atoms with E-state index in [1.165, 1.54) is 25.0 Å². The fraction of sp³-hybridized carbons (Fsp3) is 0.500. The Labute approximate surface area is 140 Å². The van der Waals surface area contributed by atoms with E-state index in [4.69, 9.17) is 0 Å². The summed E-state index contributed by atoms with van der Waals surface area (Å²) < 4.78 is 15.1. The number of benzene rings is 1. The summed E-state index contributed by atoms with van der Waals surface area (Å²) in [6.07, 6.45) is 4.49. The molecule has 2 aliphatic rings. The van der Waals surface area contributed by atoms with Crippen LogP contribution in [0.15, 0.2) is 24.3 Å². The maximum absolute atomic E-state index is 13.5. The lowest BCUT2D eigenvalue weighted by Crippen LogP contribution is -2.39. The summed E-state index contributed by atoms with van der Waals surface area (Å²) in [4.78, 5) is 17.0. The molecule has 126 valence electrons. The van der Waals surface area contributed by atoms with Crippen molar-refractivity contribution in [1.82, 2.24) is 20.1 Å². The van der Waals surface area contributed by atoms with Gasteiger partial charge in [-0.05, 0) is 49.8 Å². The zero-order chi connectivity index (χ0) is 16.9. The van der Waals surface area contributed by atoms with Gasteiger partial charge in [-0.3, -0.25) is 4.79 Å². The molecule has 5 nitrogen and oxygen atoms in total. The lowest BCUT2D eigenvalue weighted by Gasteiger charge is -2.14. The van der Waals surface area contributed by atoms with Gasteiger partial charge in [-0.1, -0.05) is 19.9 Å². The van der Waals surface area contributed by atoms with Gasteiger partial charge in [0.05, 0.1) is 5.69 Å². The molecule has 24 heavy (non-hydrogen) atoms. The Kier molecular flexibility index (Phi) is 3.44. The first-order valence-electron chi connectivity index (χ1n) is 8.54. The van der Waals surface area contributed by atoms with Crippen LogP contribution in [0.1, 0.15) is 61.9 Å². The number of halogens is 1.